The van der Waals surface area contributed by atoms with Gasteiger partial charge in [-0.2, -0.15) is 5.10 Å². The average molecular weight is 347 g/mol. The van der Waals surface area contributed by atoms with Gasteiger partial charge in [-0.1, -0.05) is 54.6 Å². The van der Waals surface area contributed by atoms with Gasteiger partial charge in [0.15, 0.2) is 0 Å². The summed E-state index contributed by atoms with van der Waals surface area (Å²) in [5.74, 6) is 0. The molecule has 3 aromatic rings. The molecule has 126 valence electrons. The lowest BCUT2D eigenvalue weighted by Crippen LogP contribution is -2.15. The van der Waals surface area contributed by atoms with Crippen molar-refractivity contribution in [3.63, 3.8) is 0 Å². The lowest BCUT2D eigenvalue weighted by Gasteiger charge is -2.10. The smallest absolute Gasteiger partial charge is 0.205 e. The quantitative estimate of drug-likeness (QED) is 0.600. The lowest BCUT2D eigenvalue weighted by molar-refractivity contribution is 0.768. The summed E-state index contributed by atoms with van der Waals surface area (Å²) in [5, 5.41) is 7.22. The van der Waals surface area contributed by atoms with Crippen molar-refractivity contribution in [1.29, 1.82) is 0 Å². The molecule has 0 amide bonds. The Morgan fingerprint density at radius 2 is 1.68 bits per heavy atom. The van der Waals surface area contributed by atoms with E-state index in [0.717, 1.165) is 23.3 Å². The summed E-state index contributed by atoms with van der Waals surface area (Å²) in [7, 11) is 1.83. The fraction of sp³-hybridized carbons (Fsp3) is 0.238. The third kappa shape index (κ3) is 3.22. The van der Waals surface area contributed by atoms with Gasteiger partial charge >= 0.3 is 0 Å². The zero-order chi connectivity index (χ0) is 17.1. The van der Waals surface area contributed by atoms with Gasteiger partial charge in [0, 0.05) is 23.6 Å². The number of nitrogens with zero attached hydrogens (tertiary/aromatic N) is 3. The molecule has 0 radical (unpaired) electrons. The van der Waals surface area contributed by atoms with Crippen molar-refractivity contribution in [3.05, 3.63) is 75.9 Å². The molecule has 0 unspecified atom stereocenters. The summed E-state index contributed by atoms with van der Waals surface area (Å²) in [5.41, 5.74) is 6.13. The van der Waals surface area contributed by atoms with Crippen LogP contribution in [0.25, 0.3) is 11.3 Å². The number of rotatable bonds is 2. The summed E-state index contributed by atoms with van der Waals surface area (Å²) in [4.78, 5) is 5.36. The monoisotopic (exact) mass is 347 g/mol. The van der Waals surface area contributed by atoms with Crippen LogP contribution < -0.4 is 4.80 Å². The first-order chi connectivity index (χ1) is 12.4. The maximum Gasteiger partial charge on any atom is 0.205 e. The number of benzene rings is 2. The minimum Gasteiger partial charge on any atom is -0.261 e. The van der Waals surface area contributed by atoms with E-state index in [1.165, 1.54) is 35.2 Å². The minimum absolute atomic E-state index is 0.924. The summed E-state index contributed by atoms with van der Waals surface area (Å²) < 4.78 is 2.01. The first kappa shape index (κ1) is 16.0. The first-order valence-electron chi connectivity index (χ1n) is 8.72. The maximum absolute atomic E-state index is 5.08. The van der Waals surface area contributed by atoms with Crippen molar-refractivity contribution in [1.82, 2.24) is 4.68 Å². The van der Waals surface area contributed by atoms with Gasteiger partial charge in [-0.05, 0) is 31.2 Å². The second kappa shape index (κ2) is 7.19. The van der Waals surface area contributed by atoms with E-state index in [0.29, 0.717) is 0 Å². The van der Waals surface area contributed by atoms with Crippen molar-refractivity contribution in [2.45, 2.75) is 25.7 Å². The van der Waals surface area contributed by atoms with Crippen molar-refractivity contribution >= 4 is 17.0 Å². The molecule has 4 rings (SSSR count). The van der Waals surface area contributed by atoms with Crippen LogP contribution in [0.5, 0.6) is 0 Å². The summed E-state index contributed by atoms with van der Waals surface area (Å²) >= 11 is 1.64. The van der Waals surface area contributed by atoms with Crippen LogP contribution in [0.3, 0.4) is 0 Å². The van der Waals surface area contributed by atoms with E-state index in [-0.39, 0.29) is 0 Å². The molecule has 0 atom stereocenters. The number of aryl methyl sites for hydroxylation is 1. The SMILES string of the molecule is CN=c1scc(-c2ccccc2)n1N=C1CCCCc2ccccc21. The standard InChI is InChI=1S/C21H21N3S/c1-22-21-24(20(15-25-21)17-11-3-2-4-12-17)23-19-14-8-6-10-16-9-5-7-13-18(16)19/h2-5,7,9,11-13,15H,6,8,10,14H2,1H3. The molecule has 0 N–H and O–H groups in total. The van der Waals surface area contributed by atoms with E-state index >= 15 is 0 Å². The Hall–Kier alpha value is -2.46. The van der Waals surface area contributed by atoms with Crippen molar-refractivity contribution in [2.75, 3.05) is 7.05 Å². The molecule has 0 fully saturated rings. The predicted octanol–water partition coefficient (Wildman–Crippen LogP) is 4.73. The van der Waals surface area contributed by atoms with Crippen LogP contribution in [0.1, 0.15) is 30.4 Å². The zero-order valence-corrected chi connectivity index (χ0v) is 15.2. The Bertz CT molecular complexity index is 964. The number of fused-ring (bicyclic) bond motifs is 1. The van der Waals surface area contributed by atoms with Crippen LogP contribution in [-0.4, -0.2) is 17.4 Å². The average Bonchev–Trinajstić information content (AvgIpc) is 2.96. The Kier molecular flexibility index (Phi) is 4.61. The van der Waals surface area contributed by atoms with E-state index < -0.39 is 0 Å². The van der Waals surface area contributed by atoms with E-state index in [1.807, 2.05) is 17.8 Å². The second-order valence-electron chi connectivity index (χ2n) is 6.22. The van der Waals surface area contributed by atoms with Crippen molar-refractivity contribution < 1.29 is 0 Å². The molecule has 1 heterocycles. The highest BCUT2D eigenvalue weighted by molar-refractivity contribution is 7.07. The Morgan fingerprint density at radius 3 is 2.52 bits per heavy atom. The van der Waals surface area contributed by atoms with Crippen molar-refractivity contribution in [3.8, 4) is 11.3 Å². The van der Waals surface area contributed by atoms with E-state index in [9.17, 15) is 0 Å². The number of aromatic nitrogens is 1. The van der Waals surface area contributed by atoms with Gasteiger partial charge in [-0.15, -0.1) is 11.3 Å². The normalized spacial score (nSPS) is 16.7. The molecule has 0 spiro atoms. The van der Waals surface area contributed by atoms with E-state index in [1.54, 1.807) is 11.3 Å². The third-order valence-corrected chi connectivity index (χ3v) is 5.51. The number of thiazole rings is 1. The fourth-order valence-corrected chi connectivity index (χ4v) is 4.14. The second-order valence-corrected chi connectivity index (χ2v) is 7.05. The highest BCUT2D eigenvalue weighted by atomic mass is 32.1. The molecule has 0 bridgehead atoms. The molecule has 1 aliphatic rings. The van der Waals surface area contributed by atoms with Crippen LogP contribution in [0.2, 0.25) is 0 Å². The van der Waals surface area contributed by atoms with Crippen LogP contribution in [0.15, 0.2) is 70.1 Å². The maximum atomic E-state index is 5.08. The van der Waals surface area contributed by atoms with Crippen LogP contribution in [-0.2, 0) is 6.42 Å². The molecular weight excluding hydrogens is 326 g/mol. The third-order valence-electron chi connectivity index (χ3n) is 4.60. The first-order valence-corrected chi connectivity index (χ1v) is 9.59. The van der Waals surface area contributed by atoms with Gasteiger partial charge in [0.2, 0.25) is 4.80 Å². The molecule has 4 heteroatoms. The predicted molar refractivity (Wildman–Crippen MR) is 105 cm³/mol. The lowest BCUT2D eigenvalue weighted by atomic mass is 10.0. The van der Waals surface area contributed by atoms with Crippen LogP contribution in [0.4, 0.5) is 0 Å². The highest BCUT2D eigenvalue weighted by Crippen LogP contribution is 2.23. The molecule has 0 saturated heterocycles. The van der Waals surface area contributed by atoms with Gasteiger partial charge in [0.1, 0.15) is 0 Å². The minimum atomic E-state index is 0.924. The molecule has 2 aromatic carbocycles. The van der Waals surface area contributed by atoms with E-state index in [2.05, 4.69) is 58.9 Å². The molecule has 25 heavy (non-hydrogen) atoms. The Balaban J connectivity index is 1.89. The molecule has 1 aromatic heterocycles. The van der Waals surface area contributed by atoms with Crippen LogP contribution >= 0.6 is 11.3 Å². The van der Waals surface area contributed by atoms with Gasteiger partial charge < -0.3 is 0 Å². The summed E-state index contributed by atoms with van der Waals surface area (Å²) in [6.45, 7) is 0. The molecule has 0 aliphatic heterocycles. The summed E-state index contributed by atoms with van der Waals surface area (Å²) in [6.07, 6.45) is 4.55. The number of hydrogen-bond acceptors (Lipinski definition) is 3. The summed E-state index contributed by atoms with van der Waals surface area (Å²) in [6, 6.07) is 19.1. The van der Waals surface area contributed by atoms with Gasteiger partial charge in [-0.3, -0.25) is 4.99 Å². The zero-order valence-electron chi connectivity index (χ0n) is 14.4. The molecule has 0 saturated carbocycles. The Labute approximate surface area is 152 Å². The molecular formula is C21H21N3S. The Morgan fingerprint density at radius 1 is 0.920 bits per heavy atom. The molecule has 3 nitrogen and oxygen atoms in total. The highest BCUT2D eigenvalue weighted by Gasteiger charge is 2.15. The van der Waals surface area contributed by atoms with E-state index in [4.69, 9.17) is 5.10 Å². The van der Waals surface area contributed by atoms with Gasteiger partial charge in [-0.25, -0.2) is 4.68 Å². The van der Waals surface area contributed by atoms with Crippen LogP contribution in [0, 0.1) is 0 Å². The van der Waals surface area contributed by atoms with Gasteiger partial charge in [0.05, 0.1) is 11.4 Å². The largest absolute Gasteiger partial charge is 0.261 e. The molecule has 1 aliphatic carbocycles. The topological polar surface area (TPSA) is 29.6 Å². The number of hydrogen-bond donors (Lipinski definition) is 0. The van der Waals surface area contributed by atoms with Crippen molar-refractivity contribution in [2.24, 2.45) is 10.1 Å². The van der Waals surface area contributed by atoms with Gasteiger partial charge in [0.25, 0.3) is 0 Å². The fourth-order valence-electron chi connectivity index (χ4n) is 3.34.